The van der Waals surface area contributed by atoms with Crippen LogP contribution in [0.2, 0.25) is 0 Å². The summed E-state index contributed by atoms with van der Waals surface area (Å²) in [5.41, 5.74) is 4.97. The zero-order chi connectivity index (χ0) is 13.9. The molecule has 0 saturated carbocycles. The molecule has 0 saturated heterocycles. The Balaban J connectivity index is 2.85. The SMILES string of the molecule is Cc1ccc(C(=O)NC(C)(C)CC(N)=O)c(F)c1. The van der Waals surface area contributed by atoms with Crippen molar-refractivity contribution in [3.8, 4) is 0 Å². The van der Waals surface area contributed by atoms with E-state index >= 15 is 0 Å². The third-order valence-electron chi connectivity index (χ3n) is 2.44. The van der Waals surface area contributed by atoms with Crippen molar-refractivity contribution in [2.45, 2.75) is 32.7 Å². The second kappa shape index (κ2) is 5.16. The van der Waals surface area contributed by atoms with Gasteiger partial charge in [-0.25, -0.2) is 4.39 Å². The highest BCUT2D eigenvalue weighted by atomic mass is 19.1. The average Bonchev–Trinajstić information content (AvgIpc) is 2.13. The van der Waals surface area contributed by atoms with E-state index in [2.05, 4.69) is 5.32 Å². The predicted octanol–water partition coefficient (Wildman–Crippen LogP) is 1.52. The number of carbonyl (C=O) groups is 2. The molecule has 0 fully saturated rings. The molecule has 1 aromatic rings. The third-order valence-corrected chi connectivity index (χ3v) is 2.44. The zero-order valence-corrected chi connectivity index (χ0v) is 10.7. The van der Waals surface area contributed by atoms with Gasteiger partial charge in [0.25, 0.3) is 5.91 Å². The summed E-state index contributed by atoms with van der Waals surface area (Å²) in [6.07, 6.45) is -0.00772. The lowest BCUT2D eigenvalue weighted by atomic mass is 9.99. The lowest BCUT2D eigenvalue weighted by Gasteiger charge is -2.24. The van der Waals surface area contributed by atoms with Gasteiger partial charge in [-0.3, -0.25) is 9.59 Å². The van der Waals surface area contributed by atoms with Crippen molar-refractivity contribution >= 4 is 11.8 Å². The highest BCUT2D eigenvalue weighted by Crippen LogP contribution is 2.13. The second-order valence-corrected chi connectivity index (χ2v) is 4.96. The van der Waals surface area contributed by atoms with Gasteiger partial charge >= 0.3 is 0 Å². The fraction of sp³-hybridized carbons (Fsp3) is 0.385. The Morgan fingerprint density at radius 2 is 2.00 bits per heavy atom. The van der Waals surface area contributed by atoms with Crippen molar-refractivity contribution in [1.82, 2.24) is 5.32 Å². The van der Waals surface area contributed by atoms with Crippen LogP contribution in [0.25, 0.3) is 0 Å². The first-order valence-corrected chi connectivity index (χ1v) is 5.58. The van der Waals surface area contributed by atoms with Gasteiger partial charge in [-0.1, -0.05) is 6.07 Å². The van der Waals surface area contributed by atoms with Crippen LogP contribution in [0.1, 0.15) is 36.2 Å². The molecule has 0 unspecified atom stereocenters. The topological polar surface area (TPSA) is 72.2 Å². The normalized spacial score (nSPS) is 11.1. The van der Waals surface area contributed by atoms with Crippen molar-refractivity contribution in [1.29, 1.82) is 0 Å². The maximum Gasteiger partial charge on any atom is 0.254 e. The Kier molecular flexibility index (Phi) is 4.06. The van der Waals surface area contributed by atoms with E-state index in [1.165, 1.54) is 12.1 Å². The number of aryl methyl sites for hydroxylation is 1. The minimum atomic E-state index is -0.805. The average molecular weight is 252 g/mol. The van der Waals surface area contributed by atoms with E-state index in [-0.39, 0.29) is 12.0 Å². The van der Waals surface area contributed by atoms with Gasteiger partial charge in [-0.05, 0) is 38.5 Å². The van der Waals surface area contributed by atoms with Crippen LogP contribution in [-0.4, -0.2) is 17.4 Å². The van der Waals surface area contributed by atoms with Gasteiger partial charge in [-0.15, -0.1) is 0 Å². The monoisotopic (exact) mass is 252 g/mol. The van der Waals surface area contributed by atoms with E-state index < -0.39 is 23.2 Å². The van der Waals surface area contributed by atoms with Gasteiger partial charge in [-0.2, -0.15) is 0 Å². The van der Waals surface area contributed by atoms with Crippen molar-refractivity contribution in [2.75, 3.05) is 0 Å². The number of carbonyl (C=O) groups excluding carboxylic acids is 2. The molecule has 0 aliphatic carbocycles. The number of hydrogen-bond acceptors (Lipinski definition) is 2. The minimum absolute atomic E-state index is 0.00772. The van der Waals surface area contributed by atoms with Gasteiger partial charge in [0.15, 0.2) is 0 Å². The highest BCUT2D eigenvalue weighted by molar-refractivity contribution is 5.95. The van der Waals surface area contributed by atoms with E-state index in [0.29, 0.717) is 0 Å². The number of hydrogen-bond donors (Lipinski definition) is 2. The molecule has 0 atom stereocenters. The molecule has 98 valence electrons. The van der Waals surface area contributed by atoms with E-state index in [1.807, 2.05) is 0 Å². The molecular weight excluding hydrogens is 235 g/mol. The highest BCUT2D eigenvalue weighted by Gasteiger charge is 2.24. The van der Waals surface area contributed by atoms with Crippen LogP contribution >= 0.6 is 0 Å². The molecule has 0 aliphatic rings. The first kappa shape index (κ1) is 14.2. The number of nitrogens with one attached hydrogen (secondary N) is 1. The Labute approximate surface area is 105 Å². The summed E-state index contributed by atoms with van der Waals surface area (Å²) in [5.74, 6) is -1.66. The number of primary amides is 1. The van der Waals surface area contributed by atoms with E-state index in [9.17, 15) is 14.0 Å². The fourth-order valence-electron chi connectivity index (χ4n) is 1.66. The summed E-state index contributed by atoms with van der Waals surface area (Å²) < 4.78 is 13.6. The summed E-state index contributed by atoms with van der Waals surface area (Å²) in [5, 5.41) is 2.58. The van der Waals surface area contributed by atoms with Crippen molar-refractivity contribution in [3.63, 3.8) is 0 Å². The number of halogens is 1. The van der Waals surface area contributed by atoms with Crippen molar-refractivity contribution in [2.24, 2.45) is 5.73 Å². The largest absolute Gasteiger partial charge is 0.370 e. The maximum atomic E-state index is 13.6. The Morgan fingerprint density at radius 3 is 2.50 bits per heavy atom. The summed E-state index contributed by atoms with van der Waals surface area (Å²) >= 11 is 0. The van der Waals surface area contributed by atoms with Crippen LogP contribution in [0.4, 0.5) is 4.39 Å². The zero-order valence-electron chi connectivity index (χ0n) is 10.7. The molecule has 0 aromatic heterocycles. The smallest absolute Gasteiger partial charge is 0.254 e. The fourth-order valence-corrected chi connectivity index (χ4v) is 1.66. The van der Waals surface area contributed by atoms with E-state index in [1.54, 1.807) is 26.8 Å². The number of benzene rings is 1. The first-order chi connectivity index (χ1) is 8.21. The van der Waals surface area contributed by atoms with Crippen LogP contribution in [0.3, 0.4) is 0 Å². The van der Waals surface area contributed by atoms with Crippen LogP contribution < -0.4 is 11.1 Å². The molecule has 2 amide bonds. The molecule has 0 spiro atoms. The van der Waals surface area contributed by atoms with Gasteiger partial charge in [0.05, 0.1) is 5.56 Å². The quantitative estimate of drug-likeness (QED) is 0.852. The van der Waals surface area contributed by atoms with Crippen LogP contribution in [0.5, 0.6) is 0 Å². The Hall–Kier alpha value is -1.91. The number of amides is 2. The number of rotatable bonds is 4. The molecule has 0 aliphatic heterocycles. The molecule has 18 heavy (non-hydrogen) atoms. The third kappa shape index (κ3) is 3.84. The second-order valence-electron chi connectivity index (χ2n) is 4.96. The minimum Gasteiger partial charge on any atom is -0.370 e. The molecule has 0 heterocycles. The van der Waals surface area contributed by atoms with Gasteiger partial charge in [0, 0.05) is 12.0 Å². The predicted molar refractivity (Wildman–Crippen MR) is 66.5 cm³/mol. The molecule has 1 rings (SSSR count). The van der Waals surface area contributed by atoms with Crippen LogP contribution in [0, 0.1) is 12.7 Å². The molecule has 0 radical (unpaired) electrons. The summed E-state index contributed by atoms with van der Waals surface area (Å²) in [7, 11) is 0. The maximum absolute atomic E-state index is 13.6. The summed E-state index contributed by atoms with van der Waals surface area (Å²) in [4.78, 5) is 22.7. The van der Waals surface area contributed by atoms with E-state index in [4.69, 9.17) is 5.73 Å². The molecule has 3 N–H and O–H groups in total. The van der Waals surface area contributed by atoms with Crippen LogP contribution in [0.15, 0.2) is 18.2 Å². The Morgan fingerprint density at radius 1 is 1.39 bits per heavy atom. The molecule has 5 heteroatoms. The van der Waals surface area contributed by atoms with Gasteiger partial charge in [0.2, 0.25) is 5.91 Å². The van der Waals surface area contributed by atoms with Crippen molar-refractivity contribution in [3.05, 3.63) is 35.1 Å². The summed E-state index contributed by atoms with van der Waals surface area (Å²) in [6, 6.07) is 4.36. The van der Waals surface area contributed by atoms with E-state index in [0.717, 1.165) is 5.56 Å². The summed E-state index contributed by atoms with van der Waals surface area (Å²) in [6.45, 7) is 5.05. The molecule has 0 bridgehead atoms. The van der Waals surface area contributed by atoms with Gasteiger partial charge in [0.1, 0.15) is 5.82 Å². The van der Waals surface area contributed by atoms with Gasteiger partial charge < -0.3 is 11.1 Å². The molecule has 4 nitrogen and oxygen atoms in total. The van der Waals surface area contributed by atoms with Crippen LogP contribution in [-0.2, 0) is 4.79 Å². The number of nitrogens with two attached hydrogens (primary N) is 1. The van der Waals surface area contributed by atoms with Crippen molar-refractivity contribution < 1.29 is 14.0 Å². The Bertz CT molecular complexity index is 484. The standard InChI is InChI=1S/C13H17FN2O2/c1-8-4-5-9(10(14)6-8)12(18)16-13(2,3)7-11(15)17/h4-6H,7H2,1-3H3,(H2,15,17)(H,16,18). The first-order valence-electron chi connectivity index (χ1n) is 5.58. The molecule has 1 aromatic carbocycles. The lowest BCUT2D eigenvalue weighted by Crippen LogP contribution is -2.46. The lowest BCUT2D eigenvalue weighted by molar-refractivity contribution is -0.119. The molecular formula is C13H17FN2O2.